The lowest BCUT2D eigenvalue weighted by atomic mass is 9.32. The van der Waals surface area contributed by atoms with Crippen molar-refractivity contribution in [3.8, 4) is 0 Å². The summed E-state index contributed by atoms with van der Waals surface area (Å²) in [6.07, 6.45) is -22.7. The van der Waals surface area contributed by atoms with E-state index in [9.17, 15) is 71.2 Å². The summed E-state index contributed by atoms with van der Waals surface area (Å²) < 4.78 is 36.2. The Hall–Kier alpha value is -1.51. The van der Waals surface area contributed by atoms with Crippen molar-refractivity contribution in [3.05, 3.63) is 11.6 Å². The van der Waals surface area contributed by atoms with Crippen LogP contribution < -0.4 is 0 Å². The summed E-state index contributed by atoms with van der Waals surface area (Å²) in [5.41, 5.74) is -2.81. The monoisotopic (exact) mass is 960 g/mol. The highest BCUT2D eigenvalue weighted by molar-refractivity contribution is 5.73. The van der Waals surface area contributed by atoms with Crippen LogP contribution in [0.5, 0.6) is 0 Å². The molecule has 25 atom stereocenters. The summed E-state index contributed by atoms with van der Waals surface area (Å²) in [5.74, 6) is -1.74. The zero-order valence-electron chi connectivity index (χ0n) is 39.4. The first kappa shape index (κ1) is 51.8. The molecule has 8 aliphatic rings. The van der Waals surface area contributed by atoms with Crippen LogP contribution >= 0.6 is 0 Å². The minimum Gasteiger partial charge on any atom is -0.479 e. The van der Waals surface area contributed by atoms with Crippen molar-refractivity contribution in [2.24, 2.45) is 50.2 Å². The van der Waals surface area contributed by atoms with E-state index in [-0.39, 0.29) is 23.2 Å². The van der Waals surface area contributed by atoms with Gasteiger partial charge in [0, 0.05) is 5.41 Å². The molecular formula is C47H76O20. The fourth-order valence-electron chi connectivity index (χ4n) is 15.2. The molecule has 0 radical (unpaired) electrons. The maximum absolute atomic E-state index is 12.7. The number of carboxylic acid groups (broad SMARTS) is 1. The molecule has 3 saturated heterocycles. The van der Waals surface area contributed by atoms with E-state index in [4.69, 9.17) is 28.4 Å². The van der Waals surface area contributed by atoms with Gasteiger partial charge in [-0.05, 0) is 84.4 Å². The van der Waals surface area contributed by atoms with E-state index in [1.54, 1.807) is 0 Å². The molecule has 13 N–H and O–H groups in total. The van der Waals surface area contributed by atoms with Crippen LogP contribution in [-0.2, 0) is 33.2 Å². The highest BCUT2D eigenvalue weighted by atomic mass is 16.8. The predicted octanol–water partition coefficient (Wildman–Crippen LogP) is -1.74. The third kappa shape index (κ3) is 7.65. The van der Waals surface area contributed by atoms with Crippen molar-refractivity contribution in [1.82, 2.24) is 0 Å². The Bertz CT molecular complexity index is 1850. The zero-order valence-corrected chi connectivity index (χ0v) is 39.4. The molecule has 5 aliphatic carbocycles. The summed E-state index contributed by atoms with van der Waals surface area (Å²) in [5, 5.41) is 141. The second-order valence-electron chi connectivity index (χ2n) is 23.2. The number of aliphatic hydroxyl groups is 12. The summed E-state index contributed by atoms with van der Waals surface area (Å²) in [6.45, 7) is 12.7. The Morgan fingerprint density at radius 1 is 0.642 bits per heavy atom. The lowest BCUT2D eigenvalue weighted by Crippen LogP contribution is -2.73. The first-order valence-corrected chi connectivity index (χ1v) is 24.0. The van der Waals surface area contributed by atoms with Gasteiger partial charge in [-0.15, -0.1) is 0 Å². The Labute approximate surface area is 390 Å². The van der Waals surface area contributed by atoms with E-state index >= 15 is 0 Å². The van der Waals surface area contributed by atoms with Crippen molar-refractivity contribution in [1.29, 1.82) is 0 Å². The molecule has 0 aromatic carbocycles. The van der Waals surface area contributed by atoms with Gasteiger partial charge < -0.3 is 94.8 Å². The van der Waals surface area contributed by atoms with E-state index in [0.717, 1.165) is 18.4 Å². The number of fused-ring (bicyclic) bond motifs is 7. The van der Waals surface area contributed by atoms with Gasteiger partial charge in [0.15, 0.2) is 25.0 Å². The molecule has 20 heteroatoms. The zero-order chi connectivity index (χ0) is 49.3. The topological polar surface area (TPSA) is 335 Å². The van der Waals surface area contributed by atoms with Crippen molar-refractivity contribution in [2.45, 2.75) is 204 Å². The summed E-state index contributed by atoms with van der Waals surface area (Å²) in [4.78, 5) is 12.7. The SMILES string of the molecule is CC1(C)C2=CC[C@]3(C)[C@H](CC[C@@H]4[C@@H]5CC(C)(C)[C@@H](O)[C@H](O)[C@]5(CO)[C@H](O)C[C@]43C)[C@@]2(C)CCC1O[C@@H]1O[C@H](C(=O)O)[C@H](O)[C@H](O[C@H]2O[C@@H](CO)[C@H](O)[C@H]2O)[C@H]1O[C@@H]1O[C@H](CO)[C@H](O)[C@H](O)[C@H]1O. The van der Waals surface area contributed by atoms with Crippen LogP contribution in [0.25, 0.3) is 0 Å². The standard InChI is InChI=1S/C47H76O20/c1-42(2)14-20-19-8-9-24-44(5)12-11-26(43(3,4)23(44)10-13-45(24,6)46(19,7)15-25(51)47(20,18-50)37(59)36(42)58)64-41-35(67-40-31(56)29(54)27(52)21(16-48)62-40)33(32(57)34(66-41)38(60)61)65-39-30(55)28(53)22(17-49)63-39/h10,19-22,24-37,39-41,48-59H,8-9,11-18H2,1-7H3,(H,60,61)/t19-,20+,21-,22+,24-,25-,26?,27+,28+,29+,30-,31-,32-,33+,34+,35-,36+,37+,39-,40+,41-,44+,45-,46-,47+/m1/s1. The Kier molecular flexibility index (Phi) is 13.9. The molecule has 3 aliphatic heterocycles. The summed E-state index contributed by atoms with van der Waals surface area (Å²) in [6, 6.07) is 0. The second-order valence-corrected chi connectivity index (χ2v) is 23.2. The van der Waals surface area contributed by atoms with Crippen LogP contribution in [0.4, 0.5) is 0 Å². The molecule has 1 unspecified atom stereocenters. The van der Waals surface area contributed by atoms with Gasteiger partial charge in [-0.2, -0.15) is 0 Å². The number of hydrogen-bond acceptors (Lipinski definition) is 19. The van der Waals surface area contributed by atoms with Crippen LogP contribution in [0, 0.1) is 50.2 Å². The third-order valence-corrected chi connectivity index (χ3v) is 19.3. The quantitative estimate of drug-likeness (QED) is 0.108. The lowest BCUT2D eigenvalue weighted by molar-refractivity contribution is -0.384. The van der Waals surface area contributed by atoms with Crippen molar-refractivity contribution < 1.29 is 99.6 Å². The van der Waals surface area contributed by atoms with Gasteiger partial charge in [-0.3, -0.25) is 0 Å². The summed E-state index contributed by atoms with van der Waals surface area (Å²) in [7, 11) is 0. The smallest absolute Gasteiger partial charge is 0.335 e. The third-order valence-electron chi connectivity index (χ3n) is 19.3. The van der Waals surface area contributed by atoms with Gasteiger partial charge in [0.2, 0.25) is 0 Å². The Morgan fingerprint density at radius 3 is 1.81 bits per heavy atom. The van der Waals surface area contributed by atoms with Crippen LogP contribution in [-0.4, -0.2) is 203 Å². The van der Waals surface area contributed by atoms with E-state index in [2.05, 4.69) is 26.8 Å². The lowest BCUT2D eigenvalue weighted by Gasteiger charge is -2.73. The second kappa shape index (κ2) is 17.9. The molecule has 3 heterocycles. The maximum Gasteiger partial charge on any atom is 0.335 e. The number of allylic oxidation sites excluding steroid dienone is 1. The molecule has 0 amide bonds. The number of aliphatic hydroxyl groups excluding tert-OH is 12. The van der Waals surface area contributed by atoms with E-state index < -0.39 is 163 Å². The van der Waals surface area contributed by atoms with Crippen LogP contribution in [0.2, 0.25) is 0 Å². The normalized spacial score (nSPS) is 54.8. The number of aliphatic carboxylic acids is 1. The van der Waals surface area contributed by atoms with Gasteiger partial charge in [-0.1, -0.05) is 60.1 Å². The van der Waals surface area contributed by atoms with Crippen molar-refractivity contribution in [3.63, 3.8) is 0 Å². The van der Waals surface area contributed by atoms with Gasteiger partial charge >= 0.3 is 5.97 Å². The highest BCUT2D eigenvalue weighted by Gasteiger charge is 2.73. The Morgan fingerprint density at radius 2 is 1.22 bits per heavy atom. The number of carbonyl (C=O) groups is 1. The van der Waals surface area contributed by atoms with E-state index in [1.165, 1.54) is 0 Å². The Balaban J connectivity index is 1.12. The molecule has 7 fully saturated rings. The summed E-state index contributed by atoms with van der Waals surface area (Å²) >= 11 is 0. The number of carboxylic acids is 1. The van der Waals surface area contributed by atoms with Crippen LogP contribution in [0.15, 0.2) is 11.6 Å². The molecule has 384 valence electrons. The largest absolute Gasteiger partial charge is 0.479 e. The van der Waals surface area contributed by atoms with Crippen LogP contribution in [0.3, 0.4) is 0 Å². The number of ether oxygens (including phenoxy) is 6. The molecule has 8 rings (SSSR count). The molecule has 4 saturated carbocycles. The van der Waals surface area contributed by atoms with E-state index in [1.807, 2.05) is 27.7 Å². The van der Waals surface area contributed by atoms with Gasteiger partial charge in [0.25, 0.3) is 0 Å². The van der Waals surface area contributed by atoms with E-state index in [0.29, 0.717) is 32.1 Å². The molecule has 0 aromatic heterocycles. The fourth-order valence-corrected chi connectivity index (χ4v) is 15.2. The van der Waals surface area contributed by atoms with Crippen LogP contribution in [0.1, 0.15) is 93.4 Å². The minimum atomic E-state index is -2.08. The van der Waals surface area contributed by atoms with Crippen molar-refractivity contribution in [2.75, 3.05) is 19.8 Å². The average molecular weight is 961 g/mol. The molecule has 20 nitrogen and oxygen atoms in total. The van der Waals surface area contributed by atoms with Gasteiger partial charge in [0.1, 0.15) is 61.0 Å². The molecule has 0 bridgehead atoms. The highest BCUT2D eigenvalue weighted by Crippen LogP contribution is 2.76. The predicted molar refractivity (Wildman–Crippen MR) is 229 cm³/mol. The van der Waals surface area contributed by atoms with Crippen molar-refractivity contribution >= 4 is 5.97 Å². The average Bonchev–Trinajstić information content (AvgIpc) is 3.53. The molecular weight excluding hydrogens is 884 g/mol. The number of hydrogen-bond donors (Lipinski definition) is 13. The first-order valence-electron chi connectivity index (χ1n) is 24.0. The number of rotatable bonds is 10. The maximum atomic E-state index is 12.7. The molecule has 67 heavy (non-hydrogen) atoms. The minimum absolute atomic E-state index is 0.0299. The van der Waals surface area contributed by atoms with Gasteiger partial charge in [-0.25, -0.2) is 4.79 Å². The molecule has 0 aromatic rings. The fraction of sp³-hybridized carbons (Fsp3) is 0.936. The molecule has 0 spiro atoms. The van der Waals surface area contributed by atoms with Gasteiger partial charge in [0.05, 0.1) is 49.7 Å². The first-order chi connectivity index (χ1) is 31.2.